The van der Waals surface area contributed by atoms with Crippen LogP contribution < -0.4 is 4.74 Å². The third-order valence-corrected chi connectivity index (χ3v) is 3.17. The van der Waals surface area contributed by atoms with Crippen LogP contribution in [0.1, 0.15) is 39.7 Å². The second-order valence-electron chi connectivity index (χ2n) is 6.18. The Balaban J connectivity index is 2.91. The van der Waals surface area contributed by atoms with Gasteiger partial charge in [-0.2, -0.15) is 5.06 Å². The molecule has 0 atom stereocenters. The standard InChI is InChI=1S/C19H25NO4/c1-14(2)9-10-24-18-7-5-16(6-8-18)12-17(11-15(3)4)19(22)20(23)13-21/h5-9,12-13,15,23H,10-11H2,1-4H3/b17-12+. The molecule has 0 saturated heterocycles. The van der Waals surface area contributed by atoms with Gasteiger partial charge < -0.3 is 4.74 Å². The second-order valence-corrected chi connectivity index (χ2v) is 6.18. The van der Waals surface area contributed by atoms with E-state index in [4.69, 9.17) is 4.74 Å². The zero-order valence-electron chi connectivity index (χ0n) is 14.7. The van der Waals surface area contributed by atoms with Crippen molar-refractivity contribution >= 4 is 18.4 Å². The molecule has 1 N–H and O–H groups in total. The Morgan fingerprint density at radius 2 is 1.88 bits per heavy atom. The Kier molecular flexibility index (Phi) is 7.92. The SMILES string of the molecule is CC(C)=CCOc1ccc(/C=C(\CC(C)C)C(=O)N(O)C=O)cc1. The largest absolute Gasteiger partial charge is 0.490 e. The minimum Gasteiger partial charge on any atom is -0.490 e. The molecule has 0 spiro atoms. The Morgan fingerprint density at radius 1 is 1.25 bits per heavy atom. The molecule has 0 saturated carbocycles. The number of rotatable bonds is 8. The zero-order chi connectivity index (χ0) is 18.1. The highest BCUT2D eigenvalue weighted by Gasteiger charge is 2.17. The first-order chi connectivity index (χ1) is 11.3. The highest BCUT2D eigenvalue weighted by molar-refractivity contribution is 6.01. The van der Waals surface area contributed by atoms with Crippen LogP contribution in [0.4, 0.5) is 0 Å². The maximum Gasteiger partial charge on any atom is 0.280 e. The summed E-state index contributed by atoms with van der Waals surface area (Å²) < 4.78 is 5.59. The van der Waals surface area contributed by atoms with Crippen molar-refractivity contribution in [3.8, 4) is 5.75 Å². The smallest absolute Gasteiger partial charge is 0.280 e. The molecular formula is C19H25NO4. The van der Waals surface area contributed by atoms with E-state index in [9.17, 15) is 14.8 Å². The lowest BCUT2D eigenvalue weighted by Gasteiger charge is -2.13. The molecule has 5 heteroatoms. The highest BCUT2D eigenvalue weighted by Crippen LogP contribution is 2.19. The summed E-state index contributed by atoms with van der Waals surface area (Å²) in [5.41, 5.74) is 2.36. The third kappa shape index (κ3) is 6.79. The first-order valence-corrected chi connectivity index (χ1v) is 7.88. The van der Waals surface area contributed by atoms with Crippen molar-refractivity contribution in [1.82, 2.24) is 5.06 Å². The van der Waals surface area contributed by atoms with E-state index in [1.165, 1.54) is 5.57 Å². The van der Waals surface area contributed by atoms with Crippen LogP contribution in [-0.4, -0.2) is 29.2 Å². The first kappa shape index (κ1) is 19.6. The van der Waals surface area contributed by atoms with E-state index in [0.29, 0.717) is 18.6 Å². The average molecular weight is 331 g/mol. The fourth-order valence-corrected chi connectivity index (χ4v) is 2.01. The van der Waals surface area contributed by atoms with Crippen LogP contribution in [0.5, 0.6) is 5.75 Å². The molecule has 0 bridgehead atoms. The summed E-state index contributed by atoms with van der Waals surface area (Å²) in [7, 11) is 0. The Labute approximate surface area is 143 Å². The average Bonchev–Trinajstić information content (AvgIpc) is 2.53. The van der Waals surface area contributed by atoms with E-state index >= 15 is 0 Å². The summed E-state index contributed by atoms with van der Waals surface area (Å²) >= 11 is 0. The summed E-state index contributed by atoms with van der Waals surface area (Å²) in [5, 5.41) is 9.40. The molecule has 2 amide bonds. The number of ether oxygens (including phenoxy) is 1. The summed E-state index contributed by atoms with van der Waals surface area (Å²) in [6.45, 7) is 8.45. The van der Waals surface area contributed by atoms with Crippen molar-refractivity contribution in [1.29, 1.82) is 0 Å². The number of allylic oxidation sites excluding steroid dienone is 1. The van der Waals surface area contributed by atoms with Crippen molar-refractivity contribution < 1.29 is 19.5 Å². The lowest BCUT2D eigenvalue weighted by Crippen LogP contribution is -2.27. The predicted octanol–water partition coefficient (Wildman–Crippen LogP) is 3.84. The van der Waals surface area contributed by atoms with Gasteiger partial charge in [0.05, 0.1) is 0 Å². The monoisotopic (exact) mass is 331 g/mol. The van der Waals surface area contributed by atoms with Gasteiger partial charge in [0, 0.05) is 5.57 Å². The molecule has 1 rings (SSSR count). The Morgan fingerprint density at radius 3 is 2.38 bits per heavy atom. The molecule has 0 aliphatic rings. The molecule has 0 radical (unpaired) electrons. The fourth-order valence-electron chi connectivity index (χ4n) is 2.01. The van der Waals surface area contributed by atoms with Crippen molar-refractivity contribution in [2.45, 2.75) is 34.1 Å². The van der Waals surface area contributed by atoms with E-state index in [1.54, 1.807) is 6.08 Å². The van der Waals surface area contributed by atoms with Gasteiger partial charge in [-0.3, -0.25) is 14.8 Å². The molecular weight excluding hydrogens is 306 g/mol. The lowest BCUT2D eigenvalue weighted by molar-refractivity contribution is -0.166. The predicted molar refractivity (Wildman–Crippen MR) is 93.5 cm³/mol. The summed E-state index contributed by atoms with van der Waals surface area (Å²) in [5.74, 6) is 0.243. The van der Waals surface area contributed by atoms with Crippen LogP contribution in [0.25, 0.3) is 6.08 Å². The van der Waals surface area contributed by atoms with Crippen LogP contribution >= 0.6 is 0 Å². The molecule has 0 fully saturated rings. The van der Waals surface area contributed by atoms with Crippen molar-refractivity contribution in [2.75, 3.05) is 6.61 Å². The quantitative estimate of drug-likeness (QED) is 0.258. The van der Waals surface area contributed by atoms with Gasteiger partial charge >= 0.3 is 0 Å². The zero-order valence-corrected chi connectivity index (χ0v) is 14.7. The Bertz CT molecular complexity index is 611. The minimum absolute atomic E-state index is 0.0745. The number of hydrogen-bond acceptors (Lipinski definition) is 4. The number of amides is 2. The normalized spacial score (nSPS) is 11.2. The van der Waals surface area contributed by atoms with Gasteiger partial charge in [-0.25, -0.2) is 0 Å². The van der Waals surface area contributed by atoms with Gasteiger partial charge in [0.25, 0.3) is 5.91 Å². The molecule has 0 aromatic heterocycles. The van der Waals surface area contributed by atoms with Crippen molar-refractivity contribution in [3.63, 3.8) is 0 Å². The highest BCUT2D eigenvalue weighted by atomic mass is 16.5. The molecule has 130 valence electrons. The van der Waals surface area contributed by atoms with Gasteiger partial charge in [-0.05, 0) is 56.0 Å². The van der Waals surface area contributed by atoms with Gasteiger partial charge in [0.2, 0.25) is 6.41 Å². The van der Waals surface area contributed by atoms with E-state index in [0.717, 1.165) is 11.3 Å². The van der Waals surface area contributed by atoms with Gasteiger partial charge in [0.1, 0.15) is 12.4 Å². The van der Waals surface area contributed by atoms with Crippen molar-refractivity contribution in [2.24, 2.45) is 5.92 Å². The summed E-state index contributed by atoms with van der Waals surface area (Å²) in [6.07, 6.45) is 4.22. The molecule has 0 heterocycles. The van der Waals surface area contributed by atoms with Gasteiger partial charge in [-0.1, -0.05) is 31.6 Å². The molecule has 0 aliphatic carbocycles. The number of hydroxylamine groups is 2. The number of carbonyl (C=O) groups is 2. The van der Waals surface area contributed by atoms with Crippen molar-refractivity contribution in [3.05, 3.63) is 47.1 Å². The molecule has 24 heavy (non-hydrogen) atoms. The van der Waals surface area contributed by atoms with Crippen LogP contribution in [0.15, 0.2) is 41.5 Å². The molecule has 0 aliphatic heterocycles. The minimum atomic E-state index is -0.706. The Hall–Kier alpha value is -2.40. The molecule has 1 aromatic rings. The van der Waals surface area contributed by atoms with Crippen LogP contribution in [0.2, 0.25) is 0 Å². The number of hydrogen-bond donors (Lipinski definition) is 1. The van der Waals surface area contributed by atoms with E-state index in [2.05, 4.69) is 0 Å². The summed E-state index contributed by atoms with van der Waals surface area (Å²) in [6, 6.07) is 7.29. The van der Waals surface area contributed by atoms with Gasteiger partial charge in [-0.15, -0.1) is 0 Å². The van der Waals surface area contributed by atoms with Crippen LogP contribution in [0, 0.1) is 5.92 Å². The maximum absolute atomic E-state index is 12.0. The first-order valence-electron chi connectivity index (χ1n) is 7.88. The van der Waals surface area contributed by atoms with Gasteiger partial charge in [0.15, 0.2) is 0 Å². The number of carbonyl (C=O) groups excluding carboxylic acids is 2. The topological polar surface area (TPSA) is 66.8 Å². The van der Waals surface area contributed by atoms with Crippen LogP contribution in [0.3, 0.4) is 0 Å². The third-order valence-electron chi connectivity index (χ3n) is 3.17. The molecule has 1 aromatic carbocycles. The number of benzene rings is 1. The number of nitrogens with zero attached hydrogens (tertiary/aromatic N) is 1. The van der Waals surface area contributed by atoms with E-state index in [-0.39, 0.29) is 17.4 Å². The van der Waals surface area contributed by atoms with E-state index in [1.807, 2.05) is 58.0 Å². The molecule has 0 unspecified atom stereocenters. The lowest BCUT2D eigenvalue weighted by atomic mass is 10.00. The van der Waals surface area contributed by atoms with Crippen LogP contribution in [-0.2, 0) is 9.59 Å². The van der Waals surface area contributed by atoms with E-state index < -0.39 is 5.91 Å². The molecule has 5 nitrogen and oxygen atoms in total. The maximum atomic E-state index is 12.0. The summed E-state index contributed by atoms with van der Waals surface area (Å²) in [4.78, 5) is 22.6. The second kappa shape index (κ2) is 9.67. The fraction of sp³-hybridized carbons (Fsp3) is 0.368. The number of imide groups is 1.